The Hall–Kier alpha value is -1.53. The second-order valence-electron chi connectivity index (χ2n) is 5.01. The Bertz CT molecular complexity index is 630. The minimum Gasteiger partial charge on any atom is -0.497 e. The molecule has 2 aromatic rings. The highest BCUT2D eigenvalue weighted by molar-refractivity contribution is 9.10. The fourth-order valence-corrected chi connectivity index (χ4v) is 3.48. The molecule has 0 saturated carbocycles. The van der Waals surface area contributed by atoms with E-state index in [1.54, 1.807) is 18.4 Å². The van der Waals surface area contributed by atoms with Gasteiger partial charge in [0, 0.05) is 20.8 Å². The minimum atomic E-state index is -0.153. The van der Waals surface area contributed by atoms with Crippen LogP contribution in [0.5, 0.6) is 5.75 Å². The topological polar surface area (TPSA) is 50.4 Å². The molecule has 0 aliphatic rings. The van der Waals surface area contributed by atoms with Crippen molar-refractivity contribution in [1.82, 2.24) is 10.6 Å². The molecule has 0 radical (unpaired) electrons. The van der Waals surface area contributed by atoms with Gasteiger partial charge in [-0.2, -0.15) is 0 Å². The number of carbonyl (C=O) groups is 1. The van der Waals surface area contributed by atoms with E-state index in [2.05, 4.69) is 26.6 Å². The minimum absolute atomic E-state index is 0.0437. The smallest absolute Gasteiger partial charge is 0.315 e. The second kappa shape index (κ2) is 8.19. The first-order chi connectivity index (χ1) is 10.6. The molecule has 0 aliphatic carbocycles. The van der Waals surface area contributed by atoms with E-state index < -0.39 is 0 Å². The summed E-state index contributed by atoms with van der Waals surface area (Å²) in [5.41, 5.74) is 1.13. The molecule has 2 N–H and O–H groups in total. The summed E-state index contributed by atoms with van der Waals surface area (Å²) in [5, 5.41) is 7.81. The Morgan fingerprint density at radius 2 is 2.23 bits per heavy atom. The molecule has 2 rings (SSSR count). The van der Waals surface area contributed by atoms with Gasteiger partial charge >= 0.3 is 6.03 Å². The third-order valence-corrected chi connectivity index (χ3v) is 4.80. The van der Waals surface area contributed by atoms with Crippen LogP contribution in [0, 0.1) is 0 Å². The van der Waals surface area contributed by atoms with Crippen LogP contribution >= 0.6 is 27.3 Å². The number of amides is 2. The van der Waals surface area contributed by atoms with Gasteiger partial charge in [0.05, 0.1) is 13.7 Å². The zero-order chi connectivity index (χ0) is 15.9. The third-order valence-electron chi connectivity index (χ3n) is 3.10. The van der Waals surface area contributed by atoms with Crippen LogP contribution in [0.1, 0.15) is 17.4 Å². The summed E-state index contributed by atoms with van der Waals surface area (Å²) in [7, 11) is 1.65. The lowest BCUT2D eigenvalue weighted by atomic mass is 10.1. The molecule has 118 valence electrons. The van der Waals surface area contributed by atoms with Crippen LogP contribution in [-0.4, -0.2) is 19.2 Å². The van der Waals surface area contributed by atoms with Crippen molar-refractivity contribution in [2.75, 3.05) is 7.11 Å². The summed E-state index contributed by atoms with van der Waals surface area (Å²) < 4.78 is 6.25. The van der Waals surface area contributed by atoms with Crippen molar-refractivity contribution in [3.63, 3.8) is 0 Å². The van der Waals surface area contributed by atoms with E-state index in [-0.39, 0.29) is 12.1 Å². The molecule has 1 aromatic heterocycles. The standard InChI is InChI=1S/C16H19BrN2O2S/c1-11(6-12-4-3-5-14(7-12)21-2)19-16(20)18-9-15-8-13(17)10-22-15/h3-5,7-8,10-11H,6,9H2,1-2H3,(H2,18,19,20). The predicted molar refractivity (Wildman–Crippen MR) is 93.6 cm³/mol. The molecular formula is C16H19BrN2O2S. The Balaban J connectivity index is 1.78. The van der Waals surface area contributed by atoms with Crippen molar-refractivity contribution in [1.29, 1.82) is 0 Å². The number of carbonyl (C=O) groups excluding carboxylic acids is 1. The zero-order valence-electron chi connectivity index (χ0n) is 12.6. The molecule has 2 amide bonds. The van der Waals surface area contributed by atoms with Gasteiger partial charge in [-0.15, -0.1) is 11.3 Å². The van der Waals surface area contributed by atoms with Gasteiger partial charge in [-0.05, 0) is 53.0 Å². The second-order valence-corrected chi connectivity index (χ2v) is 6.93. The normalized spacial score (nSPS) is 11.8. The van der Waals surface area contributed by atoms with E-state index in [0.29, 0.717) is 6.54 Å². The van der Waals surface area contributed by atoms with Crippen LogP contribution in [0.4, 0.5) is 4.79 Å². The van der Waals surface area contributed by atoms with Gasteiger partial charge < -0.3 is 15.4 Å². The number of hydrogen-bond donors (Lipinski definition) is 2. The molecule has 1 unspecified atom stereocenters. The van der Waals surface area contributed by atoms with E-state index in [1.165, 1.54) is 0 Å². The van der Waals surface area contributed by atoms with Crippen LogP contribution in [0.15, 0.2) is 40.2 Å². The van der Waals surface area contributed by atoms with Crippen molar-refractivity contribution >= 4 is 33.3 Å². The summed E-state index contributed by atoms with van der Waals surface area (Å²) in [6, 6.07) is 9.77. The van der Waals surface area contributed by atoms with Gasteiger partial charge in [-0.25, -0.2) is 4.79 Å². The molecule has 0 fully saturated rings. The highest BCUT2D eigenvalue weighted by atomic mass is 79.9. The van der Waals surface area contributed by atoms with Crippen LogP contribution in [0.25, 0.3) is 0 Å². The van der Waals surface area contributed by atoms with Gasteiger partial charge in [0.1, 0.15) is 5.75 Å². The maximum atomic E-state index is 11.9. The maximum absolute atomic E-state index is 11.9. The zero-order valence-corrected chi connectivity index (χ0v) is 15.0. The van der Waals surface area contributed by atoms with Crippen LogP contribution in [-0.2, 0) is 13.0 Å². The maximum Gasteiger partial charge on any atom is 0.315 e. The number of rotatable bonds is 6. The van der Waals surface area contributed by atoms with E-state index in [4.69, 9.17) is 4.74 Å². The SMILES string of the molecule is COc1cccc(CC(C)NC(=O)NCc2cc(Br)cs2)c1. The quantitative estimate of drug-likeness (QED) is 0.794. The molecule has 0 saturated heterocycles. The monoisotopic (exact) mass is 382 g/mol. The first kappa shape index (κ1) is 16.8. The first-order valence-corrected chi connectivity index (χ1v) is 8.64. The van der Waals surface area contributed by atoms with Crippen molar-refractivity contribution in [2.24, 2.45) is 0 Å². The number of urea groups is 1. The summed E-state index contributed by atoms with van der Waals surface area (Å²) in [4.78, 5) is 13.0. The van der Waals surface area contributed by atoms with Gasteiger partial charge in [0.2, 0.25) is 0 Å². The van der Waals surface area contributed by atoms with E-state index in [1.807, 2.05) is 42.6 Å². The number of methoxy groups -OCH3 is 1. The lowest BCUT2D eigenvalue weighted by Crippen LogP contribution is -2.41. The Morgan fingerprint density at radius 3 is 2.91 bits per heavy atom. The molecule has 22 heavy (non-hydrogen) atoms. The van der Waals surface area contributed by atoms with Crippen molar-refractivity contribution < 1.29 is 9.53 Å². The van der Waals surface area contributed by atoms with Gasteiger partial charge in [-0.1, -0.05) is 12.1 Å². The molecular weight excluding hydrogens is 364 g/mol. The van der Waals surface area contributed by atoms with Crippen molar-refractivity contribution in [2.45, 2.75) is 25.9 Å². The molecule has 0 aliphatic heterocycles. The third kappa shape index (κ3) is 5.35. The van der Waals surface area contributed by atoms with Crippen molar-refractivity contribution in [3.8, 4) is 5.75 Å². The van der Waals surface area contributed by atoms with Gasteiger partial charge in [0.15, 0.2) is 0 Å². The number of thiophene rings is 1. The Labute approximate surface area is 143 Å². The number of hydrogen-bond acceptors (Lipinski definition) is 3. The number of benzene rings is 1. The van der Waals surface area contributed by atoms with Crippen LogP contribution < -0.4 is 15.4 Å². The molecule has 0 bridgehead atoms. The van der Waals surface area contributed by atoms with Gasteiger partial charge in [0.25, 0.3) is 0 Å². The molecule has 1 aromatic carbocycles. The van der Waals surface area contributed by atoms with Crippen LogP contribution in [0.3, 0.4) is 0 Å². The summed E-state index contributed by atoms with van der Waals surface area (Å²) in [6.45, 7) is 2.52. The summed E-state index contributed by atoms with van der Waals surface area (Å²) in [5.74, 6) is 0.831. The number of ether oxygens (including phenoxy) is 1. The molecule has 1 heterocycles. The largest absolute Gasteiger partial charge is 0.497 e. The van der Waals surface area contributed by atoms with E-state index in [9.17, 15) is 4.79 Å². The lowest BCUT2D eigenvalue weighted by molar-refractivity contribution is 0.237. The summed E-state index contributed by atoms with van der Waals surface area (Å²) in [6.07, 6.45) is 0.759. The fraction of sp³-hybridized carbons (Fsp3) is 0.312. The molecule has 6 heteroatoms. The van der Waals surface area contributed by atoms with Gasteiger partial charge in [-0.3, -0.25) is 0 Å². The molecule has 4 nitrogen and oxygen atoms in total. The first-order valence-electron chi connectivity index (χ1n) is 6.97. The predicted octanol–water partition coefficient (Wildman–Crippen LogP) is 3.95. The molecule has 0 spiro atoms. The van der Waals surface area contributed by atoms with Crippen LogP contribution in [0.2, 0.25) is 0 Å². The van der Waals surface area contributed by atoms with E-state index >= 15 is 0 Å². The van der Waals surface area contributed by atoms with E-state index in [0.717, 1.165) is 27.1 Å². The number of halogens is 1. The number of nitrogens with one attached hydrogen (secondary N) is 2. The summed E-state index contributed by atoms with van der Waals surface area (Å²) >= 11 is 5.01. The highest BCUT2D eigenvalue weighted by Gasteiger charge is 2.09. The Kier molecular flexibility index (Phi) is 6.27. The van der Waals surface area contributed by atoms with Crippen molar-refractivity contribution in [3.05, 3.63) is 50.6 Å². The fourth-order valence-electron chi connectivity index (χ4n) is 2.09. The highest BCUT2D eigenvalue weighted by Crippen LogP contribution is 2.19. The average molecular weight is 383 g/mol. The Morgan fingerprint density at radius 1 is 1.41 bits per heavy atom. The average Bonchev–Trinajstić information content (AvgIpc) is 2.91. The molecule has 1 atom stereocenters. The lowest BCUT2D eigenvalue weighted by Gasteiger charge is -2.15.